The van der Waals surface area contributed by atoms with Gasteiger partial charge in [0.15, 0.2) is 0 Å². The van der Waals surface area contributed by atoms with E-state index >= 15 is 0 Å². The van der Waals surface area contributed by atoms with E-state index in [4.69, 9.17) is 10.5 Å². The first-order chi connectivity index (χ1) is 10.1. The third-order valence-electron chi connectivity index (χ3n) is 5.80. The average Bonchev–Trinajstić information content (AvgIpc) is 2.80. The van der Waals surface area contributed by atoms with Gasteiger partial charge in [-0.25, -0.2) is 0 Å². The number of hydrogen-bond acceptors (Lipinski definition) is 3. The van der Waals surface area contributed by atoms with Gasteiger partial charge in [0.1, 0.15) is 11.9 Å². The lowest BCUT2D eigenvalue weighted by Crippen LogP contribution is -2.55. The molecule has 2 aliphatic heterocycles. The normalized spacial score (nSPS) is 34.5. The van der Waals surface area contributed by atoms with Gasteiger partial charge in [-0.1, -0.05) is 12.1 Å². The van der Waals surface area contributed by atoms with Gasteiger partial charge in [-0.3, -0.25) is 4.79 Å². The minimum absolute atomic E-state index is 0.103. The summed E-state index contributed by atoms with van der Waals surface area (Å²) in [6.45, 7) is 2.22. The van der Waals surface area contributed by atoms with Gasteiger partial charge in [0.05, 0.1) is 5.56 Å². The van der Waals surface area contributed by atoms with Crippen LogP contribution >= 0.6 is 0 Å². The second kappa shape index (κ2) is 4.47. The molecule has 4 heteroatoms. The molecule has 1 aliphatic carbocycles. The van der Waals surface area contributed by atoms with Gasteiger partial charge < -0.3 is 15.4 Å². The van der Waals surface area contributed by atoms with Crippen LogP contribution in [-0.2, 0) is 5.41 Å². The van der Waals surface area contributed by atoms with Crippen molar-refractivity contribution in [1.82, 2.24) is 4.90 Å². The highest BCUT2D eigenvalue weighted by molar-refractivity contribution is 5.96. The van der Waals surface area contributed by atoms with Crippen LogP contribution in [0.15, 0.2) is 18.2 Å². The topological polar surface area (TPSA) is 55.6 Å². The van der Waals surface area contributed by atoms with Gasteiger partial charge in [0.2, 0.25) is 0 Å². The number of benzene rings is 1. The lowest BCUT2D eigenvalue weighted by molar-refractivity contribution is 0.000146. The molecule has 2 heterocycles. The summed E-state index contributed by atoms with van der Waals surface area (Å²) in [4.78, 5) is 14.1. The number of carbonyl (C=O) groups is 1. The van der Waals surface area contributed by atoms with E-state index in [1.54, 1.807) is 6.07 Å². The molecule has 112 valence electrons. The molecule has 1 amide bonds. The van der Waals surface area contributed by atoms with Gasteiger partial charge in [0, 0.05) is 17.5 Å². The fourth-order valence-corrected chi connectivity index (χ4v) is 4.85. The van der Waals surface area contributed by atoms with Crippen molar-refractivity contribution in [3.8, 4) is 5.75 Å². The molecule has 2 N–H and O–H groups in total. The predicted octanol–water partition coefficient (Wildman–Crippen LogP) is 1.92. The average molecular weight is 286 g/mol. The zero-order chi connectivity index (χ0) is 14.6. The second-order valence-corrected chi connectivity index (χ2v) is 6.83. The first kappa shape index (κ1) is 13.1. The van der Waals surface area contributed by atoms with Gasteiger partial charge in [0.25, 0.3) is 5.91 Å². The van der Waals surface area contributed by atoms with Crippen LogP contribution in [0.3, 0.4) is 0 Å². The fourth-order valence-electron chi connectivity index (χ4n) is 4.85. The van der Waals surface area contributed by atoms with Gasteiger partial charge in [-0.15, -0.1) is 0 Å². The first-order valence-electron chi connectivity index (χ1n) is 7.91. The maximum Gasteiger partial charge on any atom is 0.252 e. The fraction of sp³-hybridized carbons (Fsp3) is 0.588. The highest BCUT2D eigenvalue weighted by Crippen LogP contribution is 2.57. The van der Waals surface area contributed by atoms with E-state index in [1.165, 1.54) is 18.4 Å². The molecule has 21 heavy (non-hydrogen) atoms. The van der Waals surface area contributed by atoms with E-state index < -0.39 is 0 Å². The van der Waals surface area contributed by atoms with Crippen molar-refractivity contribution in [2.24, 2.45) is 11.7 Å². The molecule has 1 saturated heterocycles. The quantitative estimate of drug-likeness (QED) is 0.858. The summed E-state index contributed by atoms with van der Waals surface area (Å²) in [6.07, 6.45) is 4.90. The smallest absolute Gasteiger partial charge is 0.252 e. The highest BCUT2D eigenvalue weighted by atomic mass is 16.5. The molecule has 0 aromatic heterocycles. The summed E-state index contributed by atoms with van der Waals surface area (Å²) in [5.74, 6) is 1.01. The minimum Gasteiger partial charge on any atom is -0.488 e. The van der Waals surface area contributed by atoms with E-state index in [1.807, 2.05) is 6.07 Å². The number of nitrogens with zero attached hydrogens (tertiary/aromatic N) is 1. The monoisotopic (exact) mass is 286 g/mol. The Labute approximate surface area is 125 Å². The maximum atomic E-state index is 11.7. The number of nitrogens with two attached hydrogens (primary N) is 1. The standard InChI is InChI=1S/C17H22N2O2/c1-19-9-8-17-11(10-19)4-2-7-14(17)21-15-12(16(18)20)5-3-6-13(15)17/h3,5-6,11,14H,2,4,7-10H2,1H3,(H2,18,20)/t11?,14-,17?/m0/s1. The number of amides is 1. The van der Waals surface area contributed by atoms with E-state index in [9.17, 15) is 4.79 Å². The number of rotatable bonds is 1. The van der Waals surface area contributed by atoms with E-state index in [0.29, 0.717) is 11.5 Å². The molecule has 4 rings (SSSR count). The summed E-state index contributed by atoms with van der Waals surface area (Å²) in [5, 5.41) is 0. The van der Waals surface area contributed by atoms with Crippen LogP contribution in [0.5, 0.6) is 5.75 Å². The van der Waals surface area contributed by atoms with Crippen LogP contribution in [0.2, 0.25) is 0 Å². The molecule has 1 aromatic carbocycles. The van der Waals surface area contributed by atoms with Crippen LogP contribution in [0.25, 0.3) is 0 Å². The Morgan fingerprint density at radius 2 is 2.29 bits per heavy atom. The summed E-state index contributed by atoms with van der Waals surface area (Å²) in [6, 6.07) is 5.91. The summed E-state index contributed by atoms with van der Waals surface area (Å²) >= 11 is 0. The van der Waals surface area contributed by atoms with Crippen molar-refractivity contribution in [3.05, 3.63) is 29.3 Å². The first-order valence-corrected chi connectivity index (χ1v) is 7.91. The highest BCUT2D eigenvalue weighted by Gasteiger charge is 2.57. The third-order valence-corrected chi connectivity index (χ3v) is 5.80. The Kier molecular flexibility index (Phi) is 2.80. The summed E-state index contributed by atoms with van der Waals surface area (Å²) < 4.78 is 6.28. The summed E-state index contributed by atoms with van der Waals surface area (Å²) in [7, 11) is 2.20. The van der Waals surface area contributed by atoms with E-state index in [2.05, 4.69) is 18.0 Å². The van der Waals surface area contributed by atoms with Crippen molar-refractivity contribution in [1.29, 1.82) is 0 Å². The largest absolute Gasteiger partial charge is 0.488 e. The number of likely N-dealkylation sites (tertiary alicyclic amines) is 1. The molecule has 3 aliphatic rings. The van der Waals surface area contributed by atoms with Crippen LogP contribution < -0.4 is 10.5 Å². The zero-order valence-corrected chi connectivity index (χ0v) is 12.5. The third kappa shape index (κ3) is 1.68. The predicted molar refractivity (Wildman–Crippen MR) is 80.5 cm³/mol. The second-order valence-electron chi connectivity index (χ2n) is 6.83. The molecule has 1 aromatic rings. The molecule has 0 bridgehead atoms. The van der Waals surface area contributed by atoms with Crippen LogP contribution in [-0.4, -0.2) is 37.0 Å². The van der Waals surface area contributed by atoms with Gasteiger partial charge in [-0.05, 0) is 51.3 Å². The summed E-state index contributed by atoms with van der Waals surface area (Å²) in [5.41, 5.74) is 7.43. The molecule has 1 spiro atoms. The number of piperidine rings is 1. The Morgan fingerprint density at radius 3 is 3.10 bits per heavy atom. The Balaban J connectivity index is 1.87. The Bertz CT molecular complexity index is 600. The Morgan fingerprint density at radius 1 is 1.43 bits per heavy atom. The van der Waals surface area contributed by atoms with Crippen molar-refractivity contribution >= 4 is 5.91 Å². The maximum absolute atomic E-state index is 11.7. The lowest BCUT2D eigenvalue weighted by Gasteiger charge is -2.50. The van der Waals surface area contributed by atoms with Crippen molar-refractivity contribution in [2.45, 2.75) is 37.2 Å². The van der Waals surface area contributed by atoms with Crippen molar-refractivity contribution < 1.29 is 9.53 Å². The number of ether oxygens (including phenoxy) is 1. The van der Waals surface area contributed by atoms with Gasteiger partial charge >= 0.3 is 0 Å². The van der Waals surface area contributed by atoms with Crippen LogP contribution in [0.4, 0.5) is 0 Å². The molecular formula is C17H22N2O2. The molecule has 3 atom stereocenters. The van der Waals surface area contributed by atoms with Crippen LogP contribution in [0, 0.1) is 5.92 Å². The number of primary amides is 1. The number of hydrogen-bond donors (Lipinski definition) is 1. The van der Waals surface area contributed by atoms with Crippen LogP contribution in [0.1, 0.15) is 41.6 Å². The molecule has 0 radical (unpaired) electrons. The lowest BCUT2D eigenvalue weighted by atomic mass is 9.58. The van der Waals surface area contributed by atoms with E-state index in [0.717, 1.165) is 31.7 Å². The number of carbonyl (C=O) groups excluding carboxylic acids is 1. The molecule has 2 fully saturated rings. The van der Waals surface area contributed by atoms with Crippen molar-refractivity contribution in [3.63, 3.8) is 0 Å². The van der Waals surface area contributed by atoms with Crippen molar-refractivity contribution in [2.75, 3.05) is 20.1 Å². The zero-order valence-electron chi connectivity index (χ0n) is 12.5. The molecule has 2 unspecified atom stereocenters. The molecular weight excluding hydrogens is 264 g/mol. The molecule has 1 saturated carbocycles. The van der Waals surface area contributed by atoms with E-state index in [-0.39, 0.29) is 17.4 Å². The number of para-hydroxylation sites is 1. The van der Waals surface area contributed by atoms with Gasteiger partial charge in [-0.2, -0.15) is 0 Å². The molecule has 4 nitrogen and oxygen atoms in total. The minimum atomic E-state index is -0.383. The number of fused-ring (bicyclic) bond motifs is 1. The Hall–Kier alpha value is -1.55. The SMILES string of the molecule is CN1CCC23c4cccc(C(N)=O)c4O[C@H]2CCCC3C1.